The van der Waals surface area contributed by atoms with Crippen molar-refractivity contribution in [3.05, 3.63) is 77.4 Å². The van der Waals surface area contributed by atoms with Crippen LogP contribution in [0.15, 0.2) is 60.7 Å². The third-order valence-electron chi connectivity index (χ3n) is 4.93. The predicted octanol–water partition coefficient (Wildman–Crippen LogP) is 4.21. The van der Waals surface area contributed by atoms with Gasteiger partial charge in [0.05, 0.1) is 5.52 Å². The number of rotatable bonds is 4. The van der Waals surface area contributed by atoms with Gasteiger partial charge in [-0.2, -0.15) is 0 Å². The molecule has 4 aromatic rings. The van der Waals surface area contributed by atoms with Crippen LogP contribution in [0, 0.1) is 6.92 Å². The number of fused-ring (bicyclic) bond motifs is 3. The molecule has 28 heavy (non-hydrogen) atoms. The van der Waals surface area contributed by atoms with Gasteiger partial charge in [-0.25, -0.2) is 0 Å². The standard InChI is InChI=1S/C23H21N3O2/c1-14-6-11-18-21(12-14)26(20-5-3-4-19(22(18)20)23(24)28)13-16-7-9-17(10-8-16)25-15(2)27/h3-12H,13H2,1-2H3,(H2,24,28)(H,25,27). The molecule has 3 N–H and O–H groups in total. The molecule has 0 aliphatic rings. The molecule has 5 nitrogen and oxygen atoms in total. The number of carbonyl (C=O) groups is 2. The summed E-state index contributed by atoms with van der Waals surface area (Å²) in [6, 6.07) is 19.7. The van der Waals surface area contributed by atoms with Crippen molar-refractivity contribution in [3.63, 3.8) is 0 Å². The highest BCUT2D eigenvalue weighted by molar-refractivity contribution is 6.18. The van der Waals surface area contributed by atoms with Gasteiger partial charge in [-0.3, -0.25) is 9.59 Å². The van der Waals surface area contributed by atoms with Gasteiger partial charge in [-0.15, -0.1) is 0 Å². The van der Waals surface area contributed by atoms with Crippen molar-refractivity contribution in [1.82, 2.24) is 4.57 Å². The Labute approximate surface area is 162 Å². The monoisotopic (exact) mass is 371 g/mol. The zero-order valence-corrected chi connectivity index (χ0v) is 15.8. The van der Waals surface area contributed by atoms with Crippen LogP contribution in [0.25, 0.3) is 21.8 Å². The first-order chi connectivity index (χ1) is 13.4. The lowest BCUT2D eigenvalue weighted by Crippen LogP contribution is -2.11. The third kappa shape index (κ3) is 3.11. The number of aromatic nitrogens is 1. The maximum absolute atomic E-state index is 12.0. The highest BCUT2D eigenvalue weighted by Gasteiger charge is 2.16. The fourth-order valence-corrected chi connectivity index (χ4v) is 3.71. The fraction of sp³-hybridized carbons (Fsp3) is 0.130. The van der Waals surface area contributed by atoms with Gasteiger partial charge in [-0.1, -0.05) is 30.3 Å². The average Bonchev–Trinajstić information content (AvgIpc) is 2.96. The predicted molar refractivity (Wildman–Crippen MR) is 113 cm³/mol. The maximum Gasteiger partial charge on any atom is 0.249 e. The van der Waals surface area contributed by atoms with Crippen LogP contribution in [0.2, 0.25) is 0 Å². The van der Waals surface area contributed by atoms with Gasteiger partial charge in [0.15, 0.2) is 0 Å². The smallest absolute Gasteiger partial charge is 0.249 e. The molecule has 2 amide bonds. The number of benzene rings is 3. The summed E-state index contributed by atoms with van der Waals surface area (Å²) >= 11 is 0. The summed E-state index contributed by atoms with van der Waals surface area (Å²) in [5.74, 6) is -0.519. The van der Waals surface area contributed by atoms with Crippen LogP contribution >= 0.6 is 0 Å². The third-order valence-corrected chi connectivity index (χ3v) is 4.93. The van der Waals surface area contributed by atoms with E-state index in [0.29, 0.717) is 12.1 Å². The average molecular weight is 371 g/mol. The van der Waals surface area contributed by atoms with Crippen LogP contribution in [0.3, 0.4) is 0 Å². The molecule has 0 aliphatic carbocycles. The van der Waals surface area contributed by atoms with Gasteiger partial charge in [0, 0.05) is 41.0 Å². The first-order valence-corrected chi connectivity index (χ1v) is 9.12. The highest BCUT2D eigenvalue weighted by atomic mass is 16.1. The van der Waals surface area contributed by atoms with E-state index in [0.717, 1.165) is 38.6 Å². The molecule has 1 heterocycles. The van der Waals surface area contributed by atoms with Crippen molar-refractivity contribution >= 4 is 39.3 Å². The second-order valence-electron chi connectivity index (χ2n) is 7.05. The largest absolute Gasteiger partial charge is 0.366 e. The molecule has 5 heteroatoms. The lowest BCUT2D eigenvalue weighted by Gasteiger charge is -2.10. The minimum absolute atomic E-state index is 0.0930. The van der Waals surface area contributed by atoms with E-state index in [-0.39, 0.29) is 5.91 Å². The van der Waals surface area contributed by atoms with Gasteiger partial charge >= 0.3 is 0 Å². The fourth-order valence-electron chi connectivity index (χ4n) is 3.71. The van der Waals surface area contributed by atoms with Crippen LogP contribution in [0.4, 0.5) is 5.69 Å². The number of hydrogen-bond donors (Lipinski definition) is 2. The zero-order chi connectivity index (χ0) is 19.8. The Balaban J connectivity index is 1.88. The molecule has 1 aromatic heterocycles. The highest BCUT2D eigenvalue weighted by Crippen LogP contribution is 2.33. The topological polar surface area (TPSA) is 77.1 Å². The molecule has 4 rings (SSSR count). The number of nitrogens with zero attached hydrogens (tertiary/aromatic N) is 1. The Kier molecular flexibility index (Phi) is 4.35. The van der Waals surface area contributed by atoms with Crippen molar-refractivity contribution in [2.24, 2.45) is 5.73 Å². The van der Waals surface area contributed by atoms with Crippen molar-refractivity contribution in [1.29, 1.82) is 0 Å². The van der Waals surface area contributed by atoms with E-state index in [1.807, 2.05) is 42.5 Å². The molecule has 0 unspecified atom stereocenters. The number of primary amides is 1. The van der Waals surface area contributed by atoms with E-state index >= 15 is 0 Å². The van der Waals surface area contributed by atoms with Crippen molar-refractivity contribution in [3.8, 4) is 0 Å². The summed E-state index contributed by atoms with van der Waals surface area (Å²) < 4.78 is 2.21. The van der Waals surface area contributed by atoms with Gasteiger partial charge in [-0.05, 0) is 48.4 Å². The molecule has 0 atom stereocenters. The summed E-state index contributed by atoms with van der Waals surface area (Å²) in [4.78, 5) is 23.2. The number of nitrogens with two attached hydrogens (primary N) is 1. The van der Waals surface area contributed by atoms with Crippen LogP contribution in [-0.4, -0.2) is 16.4 Å². The van der Waals surface area contributed by atoms with Crippen molar-refractivity contribution in [2.45, 2.75) is 20.4 Å². The molecule has 0 saturated heterocycles. The summed E-state index contributed by atoms with van der Waals surface area (Å²) in [7, 11) is 0. The maximum atomic E-state index is 12.0. The molecule has 0 spiro atoms. The van der Waals surface area contributed by atoms with Crippen molar-refractivity contribution in [2.75, 3.05) is 5.32 Å². The molecule has 3 aromatic carbocycles. The number of carbonyl (C=O) groups excluding carboxylic acids is 2. The number of hydrogen-bond acceptors (Lipinski definition) is 2. The summed E-state index contributed by atoms with van der Waals surface area (Å²) in [5, 5.41) is 4.69. The van der Waals surface area contributed by atoms with Crippen LogP contribution in [0.5, 0.6) is 0 Å². The first-order valence-electron chi connectivity index (χ1n) is 9.12. The molecule has 0 radical (unpaired) electrons. The van der Waals surface area contributed by atoms with Crippen LogP contribution < -0.4 is 11.1 Å². The Morgan fingerprint density at radius 3 is 2.43 bits per heavy atom. The van der Waals surface area contributed by atoms with E-state index < -0.39 is 5.91 Å². The Morgan fingerprint density at radius 2 is 1.75 bits per heavy atom. The van der Waals surface area contributed by atoms with Crippen LogP contribution in [0.1, 0.15) is 28.4 Å². The molecular weight excluding hydrogens is 350 g/mol. The zero-order valence-electron chi connectivity index (χ0n) is 15.8. The minimum Gasteiger partial charge on any atom is -0.366 e. The summed E-state index contributed by atoms with van der Waals surface area (Å²) in [5.41, 5.74) is 11.2. The second kappa shape index (κ2) is 6.85. The molecular formula is C23H21N3O2. The van der Waals surface area contributed by atoms with Gasteiger partial charge in [0.1, 0.15) is 0 Å². The number of aryl methyl sites for hydroxylation is 1. The Bertz CT molecular complexity index is 1220. The lowest BCUT2D eigenvalue weighted by molar-refractivity contribution is -0.114. The van der Waals surface area contributed by atoms with E-state index in [1.165, 1.54) is 6.92 Å². The van der Waals surface area contributed by atoms with E-state index in [4.69, 9.17) is 5.73 Å². The first kappa shape index (κ1) is 17.8. The normalized spacial score (nSPS) is 11.1. The van der Waals surface area contributed by atoms with E-state index in [1.54, 1.807) is 6.07 Å². The van der Waals surface area contributed by atoms with Crippen molar-refractivity contribution < 1.29 is 9.59 Å². The van der Waals surface area contributed by atoms with Crippen LogP contribution in [-0.2, 0) is 11.3 Å². The second-order valence-corrected chi connectivity index (χ2v) is 7.05. The van der Waals surface area contributed by atoms with E-state index in [9.17, 15) is 9.59 Å². The quantitative estimate of drug-likeness (QED) is 0.564. The lowest BCUT2D eigenvalue weighted by atomic mass is 10.1. The van der Waals surface area contributed by atoms with Gasteiger partial charge in [0.2, 0.25) is 11.8 Å². The molecule has 0 aliphatic heterocycles. The molecule has 0 bridgehead atoms. The Hall–Kier alpha value is -3.60. The molecule has 0 saturated carbocycles. The van der Waals surface area contributed by atoms with E-state index in [2.05, 4.69) is 28.9 Å². The number of nitrogens with one attached hydrogen (secondary N) is 1. The molecule has 140 valence electrons. The molecule has 0 fully saturated rings. The van der Waals surface area contributed by atoms with Gasteiger partial charge in [0.25, 0.3) is 0 Å². The summed E-state index contributed by atoms with van der Waals surface area (Å²) in [6.45, 7) is 4.19. The summed E-state index contributed by atoms with van der Waals surface area (Å²) in [6.07, 6.45) is 0. The Morgan fingerprint density at radius 1 is 1.00 bits per heavy atom. The number of amides is 2. The SMILES string of the molecule is CC(=O)Nc1ccc(Cn2c3cc(C)ccc3c3c(C(N)=O)cccc32)cc1. The number of anilines is 1. The minimum atomic E-state index is -0.426. The van der Waals surface area contributed by atoms with Gasteiger partial charge < -0.3 is 15.6 Å².